The van der Waals surface area contributed by atoms with Gasteiger partial charge in [-0.25, -0.2) is 0 Å². The Morgan fingerprint density at radius 1 is 1.57 bits per heavy atom. The van der Waals surface area contributed by atoms with Crippen LogP contribution in [0.25, 0.3) is 0 Å². The topological polar surface area (TPSA) is 26.0 Å². The fraction of sp³-hybridized carbons (Fsp3) is 1.00. The number of halogens is 2. The van der Waals surface area contributed by atoms with Gasteiger partial charge in [-0.15, -0.1) is 23.2 Å². The molecule has 0 aliphatic carbocycles. The van der Waals surface area contributed by atoms with E-state index >= 15 is 0 Å². The number of rotatable bonds is 3. The Labute approximate surface area is 53.8 Å². The molecule has 44 valence electrons. The molecule has 0 aliphatic rings. The molecule has 0 bridgehead atoms. The van der Waals surface area contributed by atoms with Crippen LogP contribution in [0.5, 0.6) is 0 Å². The monoisotopic (exact) mass is 141 g/mol. The van der Waals surface area contributed by atoms with Crippen LogP contribution in [0, 0.1) is 0 Å². The van der Waals surface area contributed by atoms with Gasteiger partial charge in [0.2, 0.25) is 0 Å². The largest absolute Gasteiger partial charge is 0.329 e. The van der Waals surface area contributed by atoms with E-state index in [1.54, 1.807) is 0 Å². The molecule has 1 atom stereocenters. The van der Waals surface area contributed by atoms with Crippen molar-refractivity contribution in [3.8, 4) is 0 Å². The van der Waals surface area contributed by atoms with Crippen molar-refractivity contribution < 1.29 is 0 Å². The van der Waals surface area contributed by atoms with E-state index in [0.29, 0.717) is 12.4 Å². The van der Waals surface area contributed by atoms with Gasteiger partial charge in [0, 0.05) is 17.8 Å². The number of alkyl halides is 2. The van der Waals surface area contributed by atoms with Crippen LogP contribution in [-0.4, -0.2) is 17.8 Å². The molecule has 2 N–H and O–H groups in total. The number of nitrogens with two attached hydrogens (primary N) is 1. The van der Waals surface area contributed by atoms with Gasteiger partial charge in [0.25, 0.3) is 0 Å². The summed E-state index contributed by atoms with van der Waals surface area (Å²) in [4.78, 5) is 0. The van der Waals surface area contributed by atoms with Crippen molar-refractivity contribution in [3.05, 3.63) is 0 Å². The van der Waals surface area contributed by atoms with Gasteiger partial charge in [0.15, 0.2) is 0 Å². The first-order valence-corrected chi connectivity index (χ1v) is 3.18. The fourth-order valence-electron chi connectivity index (χ4n) is 0.236. The highest BCUT2D eigenvalue weighted by Gasteiger charge is 1.96. The van der Waals surface area contributed by atoms with E-state index in [-0.39, 0.29) is 5.38 Å². The molecule has 0 aromatic heterocycles. The SMILES string of the molecule is NCC(Cl)CCCl. The molecular formula is C4H9Cl2N. The van der Waals surface area contributed by atoms with Gasteiger partial charge < -0.3 is 5.73 Å². The van der Waals surface area contributed by atoms with Crippen LogP contribution >= 0.6 is 23.2 Å². The first-order chi connectivity index (χ1) is 3.31. The van der Waals surface area contributed by atoms with E-state index < -0.39 is 0 Å². The highest BCUT2D eigenvalue weighted by Crippen LogP contribution is 1.99. The second-order valence-corrected chi connectivity index (χ2v) is 2.31. The van der Waals surface area contributed by atoms with Crippen LogP contribution in [-0.2, 0) is 0 Å². The van der Waals surface area contributed by atoms with Crippen LogP contribution in [0.2, 0.25) is 0 Å². The second kappa shape index (κ2) is 4.69. The van der Waals surface area contributed by atoms with Gasteiger partial charge in [0.05, 0.1) is 0 Å². The van der Waals surface area contributed by atoms with E-state index in [4.69, 9.17) is 28.9 Å². The van der Waals surface area contributed by atoms with Crippen molar-refractivity contribution in [2.45, 2.75) is 11.8 Å². The van der Waals surface area contributed by atoms with E-state index in [2.05, 4.69) is 0 Å². The van der Waals surface area contributed by atoms with E-state index in [1.807, 2.05) is 0 Å². The van der Waals surface area contributed by atoms with Gasteiger partial charge in [-0.05, 0) is 6.42 Å². The third-order valence-electron chi connectivity index (χ3n) is 0.678. The van der Waals surface area contributed by atoms with Crippen molar-refractivity contribution in [2.24, 2.45) is 5.73 Å². The molecule has 0 rings (SSSR count). The first kappa shape index (κ1) is 7.54. The molecule has 1 unspecified atom stereocenters. The highest BCUT2D eigenvalue weighted by molar-refractivity contribution is 6.22. The molecular weight excluding hydrogens is 133 g/mol. The molecule has 0 heterocycles. The summed E-state index contributed by atoms with van der Waals surface area (Å²) in [5, 5.41) is 0.0671. The maximum atomic E-state index is 5.56. The van der Waals surface area contributed by atoms with Gasteiger partial charge in [0.1, 0.15) is 0 Å². The summed E-state index contributed by atoms with van der Waals surface area (Å²) >= 11 is 10.9. The summed E-state index contributed by atoms with van der Waals surface area (Å²) in [5.74, 6) is 0.603. The minimum absolute atomic E-state index is 0.0671. The van der Waals surface area contributed by atoms with Crippen molar-refractivity contribution >= 4 is 23.2 Å². The molecule has 0 aliphatic heterocycles. The molecule has 0 aromatic carbocycles. The third kappa shape index (κ3) is 4.39. The molecule has 0 saturated heterocycles. The Balaban J connectivity index is 2.83. The van der Waals surface area contributed by atoms with Crippen molar-refractivity contribution in [1.29, 1.82) is 0 Å². The molecule has 7 heavy (non-hydrogen) atoms. The summed E-state index contributed by atoms with van der Waals surface area (Å²) < 4.78 is 0. The lowest BCUT2D eigenvalue weighted by Gasteiger charge is -1.99. The predicted octanol–water partition coefficient (Wildman–Crippen LogP) is 1.18. The third-order valence-corrected chi connectivity index (χ3v) is 1.29. The quantitative estimate of drug-likeness (QED) is 0.588. The zero-order valence-corrected chi connectivity index (χ0v) is 5.54. The molecule has 0 aromatic rings. The maximum absolute atomic E-state index is 5.56. The average Bonchev–Trinajstić information content (AvgIpc) is 1.68. The number of hydrogen-bond donors (Lipinski definition) is 1. The molecule has 0 radical (unpaired) electrons. The Bertz CT molecular complexity index is 40.7. The first-order valence-electron chi connectivity index (χ1n) is 2.21. The summed E-state index contributed by atoms with van der Waals surface area (Å²) in [5.41, 5.74) is 5.17. The minimum atomic E-state index is 0.0671. The number of hydrogen-bond acceptors (Lipinski definition) is 1. The van der Waals surface area contributed by atoms with Gasteiger partial charge >= 0.3 is 0 Å². The van der Waals surface area contributed by atoms with Crippen LogP contribution in [0.1, 0.15) is 6.42 Å². The summed E-state index contributed by atoms with van der Waals surface area (Å²) in [6.45, 7) is 0.522. The Morgan fingerprint density at radius 3 is 2.29 bits per heavy atom. The molecule has 0 amide bonds. The van der Waals surface area contributed by atoms with Gasteiger partial charge in [-0.1, -0.05) is 0 Å². The highest BCUT2D eigenvalue weighted by atomic mass is 35.5. The lowest BCUT2D eigenvalue weighted by molar-refractivity contribution is 0.821. The second-order valence-electron chi connectivity index (χ2n) is 1.31. The molecule has 1 nitrogen and oxygen atoms in total. The molecule has 0 fully saturated rings. The van der Waals surface area contributed by atoms with Gasteiger partial charge in [-0.3, -0.25) is 0 Å². The molecule has 0 saturated carbocycles. The molecule has 0 spiro atoms. The standard InChI is InChI=1S/C4H9Cl2N/c5-2-1-4(6)3-7/h4H,1-3,7H2. The van der Waals surface area contributed by atoms with Crippen molar-refractivity contribution in [1.82, 2.24) is 0 Å². The van der Waals surface area contributed by atoms with Crippen molar-refractivity contribution in [2.75, 3.05) is 12.4 Å². The zero-order chi connectivity index (χ0) is 5.70. The van der Waals surface area contributed by atoms with Gasteiger partial charge in [-0.2, -0.15) is 0 Å². The smallest absolute Gasteiger partial charge is 0.0469 e. The van der Waals surface area contributed by atoms with Crippen LogP contribution in [0.3, 0.4) is 0 Å². The molecule has 3 heteroatoms. The summed E-state index contributed by atoms with van der Waals surface area (Å²) in [7, 11) is 0. The fourth-order valence-corrected chi connectivity index (χ4v) is 0.720. The Kier molecular flexibility index (Phi) is 5.05. The Hall–Kier alpha value is 0.540. The Morgan fingerprint density at radius 2 is 2.14 bits per heavy atom. The van der Waals surface area contributed by atoms with Crippen LogP contribution in [0.15, 0.2) is 0 Å². The van der Waals surface area contributed by atoms with E-state index in [1.165, 1.54) is 0 Å². The van der Waals surface area contributed by atoms with Crippen LogP contribution in [0.4, 0.5) is 0 Å². The average molecular weight is 142 g/mol. The minimum Gasteiger partial charge on any atom is -0.329 e. The zero-order valence-electron chi connectivity index (χ0n) is 4.03. The van der Waals surface area contributed by atoms with E-state index in [0.717, 1.165) is 6.42 Å². The van der Waals surface area contributed by atoms with Crippen LogP contribution < -0.4 is 5.73 Å². The summed E-state index contributed by atoms with van der Waals surface area (Å²) in [6.07, 6.45) is 0.805. The summed E-state index contributed by atoms with van der Waals surface area (Å²) in [6, 6.07) is 0. The normalized spacial score (nSPS) is 14.1. The van der Waals surface area contributed by atoms with E-state index in [9.17, 15) is 0 Å². The predicted molar refractivity (Wildman–Crippen MR) is 34.0 cm³/mol. The maximum Gasteiger partial charge on any atom is 0.0469 e. The lowest BCUT2D eigenvalue weighted by Crippen LogP contribution is -2.13. The lowest BCUT2D eigenvalue weighted by atomic mass is 10.3. The van der Waals surface area contributed by atoms with Crippen molar-refractivity contribution in [3.63, 3.8) is 0 Å².